The third-order valence-corrected chi connectivity index (χ3v) is 4.03. The maximum absolute atomic E-state index is 6.21. The molecule has 0 saturated heterocycles. The molecule has 0 aliphatic carbocycles. The lowest BCUT2D eigenvalue weighted by atomic mass is 9.92. The van der Waals surface area contributed by atoms with E-state index in [0.29, 0.717) is 0 Å². The Morgan fingerprint density at radius 3 is 2.95 bits per heavy atom. The number of halogens is 1. The molecule has 100 valence electrons. The molecule has 2 heterocycles. The van der Waals surface area contributed by atoms with Gasteiger partial charge in [0.1, 0.15) is 0 Å². The highest BCUT2D eigenvalue weighted by molar-refractivity contribution is 6.31. The van der Waals surface area contributed by atoms with Crippen molar-refractivity contribution in [3.8, 4) is 0 Å². The minimum Gasteiger partial charge on any atom is -0.324 e. The average molecular weight is 276 g/mol. The van der Waals surface area contributed by atoms with Gasteiger partial charge in [-0.05, 0) is 43.3 Å². The van der Waals surface area contributed by atoms with Crippen LogP contribution in [-0.4, -0.2) is 23.5 Å². The van der Waals surface area contributed by atoms with Crippen molar-refractivity contribution < 1.29 is 0 Å². The third kappa shape index (κ3) is 2.22. The summed E-state index contributed by atoms with van der Waals surface area (Å²) >= 11 is 6.13. The van der Waals surface area contributed by atoms with Crippen molar-refractivity contribution in [1.29, 1.82) is 0 Å². The molecule has 2 aromatic rings. The molecule has 1 aromatic carbocycles. The standard InChI is InChI=1S/C15H18ClN3/c1-9(17)15-11-7-10(16)3-4-13(11)18-14-5-6-19(2)8-12(14)15/h3-4,7,9H,5-6,8,17H2,1-2H3. The predicted octanol–water partition coefficient (Wildman–Crippen LogP) is 2.90. The first-order valence-corrected chi connectivity index (χ1v) is 6.99. The fourth-order valence-corrected chi connectivity index (χ4v) is 3.07. The first-order valence-electron chi connectivity index (χ1n) is 6.61. The van der Waals surface area contributed by atoms with Crippen LogP contribution in [0.15, 0.2) is 18.2 Å². The van der Waals surface area contributed by atoms with Gasteiger partial charge in [-0.25, -0.2) is 0 Å². The minimum absolute atomic E-state index is 0.00998. The molecule has 4 heteroatoms. The topological polar surface area (TPSA) is 42.1 Å². The van der Waals surface area contributed by atoms with Gasteiger partial charge in [0.25, 0.3) is 0 Å². The van der Waals surface area contributed by atoms with Crippen molar-refractivity contribution >= 4 is 22.5 Å². The predicted molar refractivity (Wildman–Crippen MR) is 79.4 cm³/mol. The number of hydrogen-bond acceptors (Lipinski definition) is 3. The summed E-state index contributed by atoms with van der Waals surface area (Å²) in [5.41, 5.74) is 10.9. The number of nitrogens with zero attached hydrogens (tertiary/aromatic N) is 2. The van der Waals surface area contributed by atoms with Crippen LogP contribution in [0.25, 0.3) is 10.9 Å². The molecule has 19 heavy (non-hydrogen) atoms. The van der Waals surface area contributed by atoms with Gasteiger partial charge < -0.3 is 10.6 Å². The maximum atomic E-state index is 6.21. The highest BCUT2D eigenvalue weighted by Gasteiger charge is 2.22. The van der Waals surface area contributed by atoms with Gasteiger partial charge in [-0.3, -0.25) is 4.98 Å². The van der Waals surface area contributed by atoms with Gasteiger partial charge in [0.2, 0.25) is 0 Å². The Kier molecular flexibility index (Phi) is 3.21. The van der Waals surface area contributed by atoms with Crippen LogP contribution in [0.5, 0.6) is 0 Å². The number of benzene rings is 1. The van der Waals surface area contributed by atoms with Crippen LogP contribution in [-0.2, 0) is 13.0 Å². The minimum atomic E-state index is -0.00998. The van der Waals surface area contributed by atoms with Gasteiger partial charge in [-0.15, -0.1) is 0 Å². The number of hydrogen-bond donors (Lipinski definition) is 1. The van der Waals surface area contributed by atoms with E-state index in [1.165, 1.54) is 16.8 Å². The van der Waals surface area contributed by atoms with E-state index in [1.54, 1.807) is 0 Å². The molecular weight excluding hydrogens is 258 g/mol. The summed E-state index contributed by atoms with van der Waals surface area (Å²) in [5.74, 6) is 0. The van der Waals surface area contributed by atoms with E-state index in [1.807, 2.05) is 25.1 Å². The molecule has 2 N–H and O–H groups in total. The number of aromatic nitrogens is 1. The van der Waals surface area contributed by atoms with Gasteiger partial charge in [0.15, 0.2) is 0 Å². The Bertz CT molecular complexity index is 637. The molecule has 3 rings (SSSR count). The zero-order valence-corrected chi connectivity index (χ0v) is 12.0. The van der Waals surface area contributed by atoms with Crippen molar-refractivity contribution in [2.75, 3.05) is 13.6 Å². The van der Waals surface area contributed by atoms with E-state index in [2.05, 4.69) is 11.9 Å². The second-order valence-corrected chi connectivity index (χ2v) is 5.83. The third-order valence-electron chi connectivity index (χ3n) is 3.79. The molecule has 0 fully saturated rings. The second kappa shape index (κ2) is 4.75. The first kappa shape index (κ1) is 12.9. The first-order chi connectivity index (χ1) is 9.06. The Labute approximate surface area is 118 Å². The molecule has 0 saturated carbocycles. The van der Waals surface area contributed by atoms with Gasteiger partial charge in [-0.2, -0.15) is 0 Å². The molecule has 1 aliphatic heterocycles. The molecular formula is C15H18ClN3. The molecule has 1 atom stereocenters. The van der Waals surface area contributed by atoms with Crippen molar-refractivity contribution in [2.45, 2.75) is 25.9 Å². The fourth-order valence-electron chi connectivity index (χ4n) is 2.90. The normalized spacial score (nSPS) is 17.5. The van der Waals surface area contributed by atoms with Crippen LogP contribution in [0.4, 0.5) is 0 Å². The Hall–Kier alpha value is -1.16. The van der Waals surface area contributed by atoms with Gasteiger partial charge >= 0.3 is 0 Å². The van der Waals surface area contributed by atoms with Crippen LogP contribution >= 0.6 is 11.6 Å². The summed E-state index contributed by atoms with van der Waals surface area (Å²) in [6, 6.07) is 5.85. The molecule has 0 bridgehead atoms. The van der Waals surface area contributed by atoms with Crippen molar-refractivity contribution in [3.05, 3.63) is 40.0 Å². The zero-order valence-electron chi connectivity index (χ0n) is 11.3. The number of likely N-dealkylation sites (N-methyl/N-ethyl adjacent to an activating group) is 1. The second-order valence-electron chi connectivity index (χ2n) is 5.39. The number of nitrogens with two attached hydrogens (primary N) is 1. The summed E-state index contributed by atoms with van der Waals surface area (Å²) in [4.78, 5) is 7.11. The lowest BCUT2D eigenvalue weighted by Crippen LogP contribution is -2.29. The summed E-state index contributed by atoms with van der Waals surface area (Å²) in [5, 5.41) is 1.83. The summed E-state index contributed by atoms with van der Waals surface area (Å²) < 4.78 is 0. The molecule has 3 nitrogen and oxygen atoms in total. The molecule has 1 aromatic heterocycles. The largest absolute Gasteiger partial charge is 0.324 e. The lowest BCUT2D eigenvalue weighted by molar-refractivity contribution is 0.308. The van der Waals surface area contributed by atoms with E-state index < -0.39 is 0 Å². The van der Waals surface area contributed by atoms with Crippen LogP contribution in [0.2, 0.25) is 5.02 Å². The Morgan fingerprint density at radius 1 is 1.42 bits per heavy atom. The monoisotopic (exact) mass is 275 g/mol. The molecule has 0 spiro atoms. The van der Waals surface area contributed by atoms with Crippen molar-refractivity contribution in [2.24, 2.45) is 5.73 Å². The Morgan fingerprint density at radius 2 is 2.21 bits per heavy atom. The van der Waals surface area contributed by atoms with Crippen LogP contribution < -0.4 is 5.73 Å². The lowest BCUT2D eigenvalue weighted by Gasteiger charge is -2.28. The SMILES string of the molecule is CC(N)c1c2c(nc3ccc(Cl)cc13)CCN(C)C2. The van der Waals surface area contributed by atoms with E-state index in [9.17, 15) is 0 Å². The zero-order chi connectivity index (χ0) is 13.6. The quantitative estimate of drug-likeness (QED) is 0.870. The Balaban J connectivity index is 2.34. The molecule has 1 aliphatic rings. The van der Waals surface area contributed by atoms with E-state index in [-0.39, 0.29) is 6.04 Å². The van der Waals surface area contributed by atoms with Crippen molar-refractivity contribution in [1.82, 2.24) is 9.88 Å². The van der Waals surface area contributed by atoms with Crippen molar-refractivity contribution in [3.63, 3.8) is 0 Å². The maximum Gasteiger partial charge on any atom is 0.0709 e. The van der Waals surface area contributed by atoms with E-state index in [4.69, 9.17) is 22.3 Å². The average Bonchev–Trinajstić information content (AvgIpc) is 2.35. The number of fused-ring (bicyclic) bond motifs is 2. The van der Waals surface area contributed by atoms with Gasteiger partial charge in [0, 0.05) is 41.7 Å². The molecule has 0 radical (unpaired) electrons. The molecule has 0 amide bonds. The molecule has 1 unspecified atom stereocenters. The van der Waals surface area contributed by atoms with Gasteiger partial charge in [-0.1, -0.05) is 11.6 Å². The highest BCUT2D eigenvalue weighted by Crippen LogP contribution is 2.32. The highest BCUT2D eigenvalue weighted by atomic mass is 35.5. The van der Waals surface area contributed by atoms with Gasteiger partial charge in [0.05, 0.1) is 5.52 Å². The smallest absolute Gasteiger partial charge is 0.0709 e. The number of rotatable bonds is 1. The van der Waals surface area contributed by atoms with E-state index in [0.717, 1.165) is 35.4 Å². The van der Waals surface area contributed by atoms with E-state index >= 15 is 0 Å². The fraction of sp³-hybridized carbons (Fsp3) is 0.400. The van der Waals surface area contributed by atoms with Crippen LogP contribution in [0.1, 0.15) is 29.8 Å². The van der Waals surface area contributed by atoms with Crippen LogP contribution in [0, 0.1) is 0 Å². The summed E-state index contributed by atoms with van der Waals surface area (Å²) in [6.45, 7) is 4.00. The summed E-state index contributed by atoms with van der Waals surface area (Å²) in [6.07, 6.45) is 0.990. The number of pyridine rings is 1. The summed E-state index contributed by atoms with van der Waals surface area (Å²) in [7, 11) is 2.13. The van der Waals surface area contributed by atoms with Crippen LogP contribution in [0.3, 0.4) is 0 Å².